The molecule has 1 aliphatic rings. The van der Waals surface area contributed by atoms with Crippen LogP contribution >= 0.6 is 23.1 Å². The SMILES string of the molecule is CCCN1CCc2c(sc3nc(SCC(=O)O)n(-c4cccc(F)c4)c(=O)c23)C1. The Morgan fingerprint density at radius 3 is 2.97 bits per heavy atom. The van der Waals surface area contributed by atoms with Crippen LogP contribution in [0.3, 0.4) is 0 Å². The Kier molecular flexibility index (Phi) is 5.71. The highest BCUT2D eigenvalue weighted by molar-refractivity contribution is 7.99. The molecule has 1 aromatic carbocycles. The minimum Gasteiger partial charge on any atom is -0.481 e. The maximum absolute atomic E-state index is 13.8. The highest BCUT2D eigenvalue weighted by Gasteiger charge is 2.25. The van der Waals surface area contributed by atoms with E-state index in [2.05, 4.69) is 16.8 Å². The van der Waals surface area contributed by atoms with E-state index in [9.17, 15) is 14.0 Å². The number of aromatic nitrogens is 2. The number of carboxylic acid groups (broad SMARTS) is 1. The van der Waals surface area contributed by atoms with Gasteiger partial charge in [0.2, 0.25) is 0 Å². The van der Waals surface area contributed by atoms with Gasteiger partial charge in [-0.05, 0) is 43.1 Å². The van der Waals surface area contributed by atoms with Gasteiger partial charge in [0.05, 0.1) is 16.8 Å². The first-order chi connectivity index (χ1) is 14.0. The minimum absolute atomic E-state index is 0.234. The van der Waals surface area contributed by atoms with Crippen LogP contribution in [0.15, 0.2) is 34.2 Å². The molecule has 0 radical (unpaired) electrons. The number of hydrogen-bond acceptors (Lipinski definition) is 6. The lowest BCUT2D eigenvalue weighted by atomic mass is 10.1. The Balaban J connectivity index is 1.90. The van der Waals surface area contributed by atoms with Crippen molar-refractivity contribution in [2.24, 2.45) is 0 Å². The van der Waals surface area contributed by atoms with Gasteiger partial charge in [0.25, 0.3) is 5.56 Å². The fourth-order valence-corrected chi connectivity index (χ4v) is 5.69. The third-order valence-corrected chi connectivity index (χ3v) is 6.89. The largest absolute Gasteiger partial charge is 0.481 e. The third-order valence-electron chi connectivity index (χ3n) is 4.85. The van der Waals surface area contributed by atoms with E-state index in [1.807, 2.05) is 0 Å². The zero-order valence-electron chi connectivity index (χ0n) is 15.9. The van der Waals surface area contributed by atoms with Crippen LogP contribution in [0, 0.1) is 5.82 Å². The predicted octanol–water partition coefficient (Wildman–Crippen LogP) is 3.53. The van der Waals surface area contributed by atoms with Crippen LogP contribution in [-0.2, 0) is 17.8 Å². The number of thiophene rings is 1. The second-order valence-electron chi connectivity index (χ2n) is 6.91. The molecule has 0 bridgehead atoms. The standard InChI is InChI=1S/C20H20FN3O3S2/c1-2-7-23-8-6-14-15(10-23)29-18-17(14)19(27)24(13-5-3-4-12(21)9-13)20(22-18)28-11-16(25)26/h3-5,9H,2,6-8,10-11H2,1H3,(H,25,26). The van der Waals surface area contributed by atoms with Crippen molar-refractivity contribution in [3.05, 3.63) is 50.9 Å². The number of carbonyl (C=O) groups is 1. The molecule has 152 valence electrons. The van der Waals surface area contributed by atoms with E-state index < -0.39 is 11.8 Å². The lowest BCUT2D eigenvalue weighted by Crippen LogP contribution is -2.31. The van der Waals surface area contributed by atoms with E-state index in [1.54, 1.807) is 6.07 Å². The highest BCUT2D eigenvalue weighted by atomic mass is 32.2. The number of aliphatic carboxylic acids is 1. The first-order valence-corrected chi connectivity index (χ1v) is 11.2. The number of fused-ring (bicyclic) bond motifs is 3. The molecule has 0 fully saturated rings. The van der Waals surface area contributed by atoms with Gasteiger partial charge in [-0.2, -0.15) is 0 Å². The second kappa shape index (κ2) is 8.25. The van der Waals surface area contributed by atoms with Crippen molar-refractivity contribution in [1.82, 2.24) is 14.5 Å². The van der Waals surface area contributed by atoms with Crippen molar-refractivity contribution in [3.63, 3.8) is 0 Å². The zero-order chi connectivity index (χ0) is 20.5. The third kappa shape index (κ3) is 3.94. The summed E-state index contributed by atoms with van der Waals surface area (Å²) in [7, 11) is 0. The molecule has 0 amide bonds. The summed E-state index contributed by atoms with van der Waals surface area (Å²) >= 11 is 2.46. The summed E-state index contributed by atoms with van der Waals surface area (Å²) in [6, 6.07) is 5.73. The van der Waals surface area contributed by atoms with Gasteiger partial charge in [-0.25, -0.2) is 9.37 Å². The van der Waals surface area contributed by atoms with E-state index in [1.165, 1.54) is 34.1 Å². The summed E-state index contributed by atoms with van der Waals surface area (Å²) in [4.78, 5) is 33.3. The Bertz CT molecular complexity index is 1140. The van der Waals surface area contributed by atoms with Crippen molar-refractivity contribution in [2.45, 2.75) is 31.5 Å². The molecule has 0 saturated heterocycles. The lowest BCUT2D eigenvalue weighted by molar-refractivity contribution is -0.133. The molecular formula is C20H20FN3O3S2. The monoisotopic (exact) mass is 433 g/mol. The van der Waals surface area contributed by atoms with Crippen LogP contribution in [0.1, 0.15) is 23.8 Å². The van der Waals surface area contributed by atoms with E-state index >= 15 is 0 Å². The lowest BCUT2D eigenvalue weighted by Gasteiger charge is -2.26. The Labute approximate surface area is 175 Å². The summed E-state index contributed by atoms with van der Waals surface area (Å²) in [5.74, 6) is -1.70. The second-order valence-corrected chi connectivity index (χ2v) is 8.93. The van der Waals surface area contributed by atoms with E-state index in [-0.39, 0.29) is 16.5 Å². The average Bonchev–Trinajstić information content (AvgIpc) is 3.04. The fraction of sp³-hybridized carbons (Fsp3) is 0.350. The van der Waals surface area contributed by atoms with Crippen LogP contribution in [0.25, 0.3) is 15.9 Å². The van der Waals surface area contributed by atoms with Crippen molar-refractivity contribution in [2.75, 3.05) is 18.8 Å². The summed E-state index contributed by atoms with van der Waals surface area (Å²) in [5, 5.41) is 9.91. The molecule has 0 aliphatic carbocycles. The van der Waals surface area contributed by atoms with Crippen molar-refractivity contribution in [3.8, 4) is 5.69 Å². The molecule has 3 heterocycles. The molecule has 0 saturated carbocycles. The van der Waals surface area contributed by atoms with Crippen LogP contribution in [0.2, 0.25) is 0 Å². The molecule has 4 rings (SSSR count). The number of halogens is 1. The number of carboxylic acids is 1. The number of hydrogen-bond donors (Lipinski definition) is 1. The fourth-order valence-electron chi connectivity index (χ4n) is 3.65. The minimum atomic E-state index is -1.00. The first kappa shape index (κ1) is 20.1. The molecule has 9 heteroatoms. The normalized spacial score (nSPS) is 14.3. The van der Waals surface area contributed by atoms with Crippen LogP contribution in [-0.4, -0.2) is 44.4 Å². The maximum atomic E-state index is 13.8. The van der Waals surface area contributed by atoms with Crippen molar-refractivity contribution in [1.29, 1.82) is 0 Å². The van der Waals surface area contributed by atoms with E-state index in [0.29, 0.717) is 15.9 Å². The molecule has 0 atom stereocenters. The van der Waals surface area contributed by atoms with Gasteiger partial charge in [0.1, 0.15) is 10.6 Å². The van der Waals surface area contributed by atoms with E-state index in [4.69, 9.17) is 5.11 Å². The first-order valence-electron chi connectivity index (χ1n) is 9.38. The number of thioether (sulfide) groups is 1. The smallest absolute Gasteiger partial charge is 0.313 e. The Hall–Kier alpha value is -2.23. The Morgan fingerprint density at radius 1 is 1.41 bits per heavy atom. The van der Waals surface area contributed by atoms with Crippen LogP contribution in [0.4, 0.5) is 4.39 Å². The van der Waals surface area contributed by atoms with Crippen LogP contribution in [0.5, 0.6) is 0 Å². The highest BCUT2D eigenvalue weighted by Crippen LogP contribution is 2.34. The summed E-state index contributed by atoms with van der Waals surface area (Å²) in [6.07, 6.45) is 1.85. The number of benzene rings is 1. The van der Waals surface area contributed by atoms with Crippen molar-refractivity contribution < 1.29 is 14.3 Å². The van der Waals surface area contributed by atoms with Crippen LogP contribution < -0.4 is 5.56 Å². The van der Waals surface area contributed by atoms with E-state index in [0.717, 1.165) is 54.7 Å². The summed E-state index contributed by atoms with van der Waals surface area (Å²) in [6.45, 7) is 4.84. The molecule has 1 aliphatic heterocycles. The van der Waals surface area contributed by atoms with Gasteiger partial charge in [0.15, 0.2) is 5.16 Å². The molecule has 6 nitrogen and oxygen atoms in total. The molecule has 3 aromatic rings. The molecule has 0 unspecified atom stereocenters. The topological polar surface area (TPSA) is 75.4 Å². The molecule has 2 aromatic heterocycles. The molecule has 29 heavy (non-hydrogen) atoms. The zero-order valence-corrected chi connectivity index (χ0v) is 17.5. The van der Waals surface area contributed by atoms with Gasteiger partial charge >= 0.3 is 5.97 Å². The summed E-state index contributed by atoms with van der Waals surface area (Å²) < 4.78 is 15.2. The summed E-state index contributed by atoms with van der Waals surface area (Å²) in [5.41, 5.74) is 1.10. The number of nitrogens with zero attached hydrogens (tertiary/aromatic N) is 3. The van der Waals surface area contributed by atoms with Crippen molar-refractivity contribution >= 4 is 39.3 Å². The molecular weight excluding hydrogens is 413 g/mol. The molecule has 1 N–H and O–H groups in total. The van der Waals surface area contributed by atoms with Gasteiger partial charge in [-0.15, -0.1) is 11.3 Å². The quantitative estimate of drug-likeness (QED) is 0.474. The Morgan fingerprint density at radius 2 is 2.24 bits per heavy atom. The van der Waals surface area contributed by atoms with Gasteiger partial charge < -0.3 is 5.11 Å². The predicted molar refractivity (Wildman–Crippen MR) is 113 cm³/mol. The van der Waals surface area contributed by atoms with Gasteiger partial charge in [-0.3, -0.25) is 19.1 Å². The van der Waals surface area contributed by atoms with Gasteiger partial charge in [-0.1, -0.05) is 24.8 Å². The maximum Gasteiger partial charge on any atom is 0.313 e. The number of rotatable bonds is 6. The average molecular weight is 434 g/mol. The molecule has 0 spiro atoms. The van der Waals surface area contributed by atoms with Gasteiger partial charge in [0, 0.05) is 18.0 Å².